The number of hydrogen-bond donors (Lipinski definition) is 4. The quantitative estimate of drug-likeness (QED) is 0.461. The highest BCUT2D eigenvalue weighted by Gasteiger charge is 2.44. The molecule has 1 aliphatic rings. The van der Waals surface area contributed by atoms with Gasteiger partial charge in [0.15, 0.2) is 0 Å². The molecule has 1 aromatic rings. The molecule has 178 valence electrons. The van der Waals surface area contributed by atoms with Crippen molar-refractivity contribution in [3.8, 4) is 0 Å². The van der Waals surface area contributed by atoms with Crippen molar-refractivity contribution < 1.29 is 19.2 Å². The third-order valence-electron chi connectivity index (χ3n) is 5.05. The lowest BCUT2D eigenvalue weighted by Crippen LogP contribution is -2.59. The number of amides is 5. The Bertz CT molecular complexity index is 819. The Morgan fingerprint density at radius 3 is 2.44 bits per heavy atom. The molecule has 10 heteroatoms. The van der Waals surface area contributed by atoms with Crippen molar-refractivity contribution in [3.05, 3.63) is 22.4 Å². The van der Waals surface area contributed by atoms with Gasteiger partial charge in [-0.3, -0.25) is 14.4 Å². The molecular weight excluding hydrogens is 430 g/mol. The maximum absolute atomic E-state index is 13.3. The summed E-state index contributed by atoms with van der Waals surface area (Å²) in [4.78, 5) is 53.0. The van der Waals surface area contributed by atoms with E-state index in [9.17, 15) is 19.2 Å². The van der Waals surface area contributed by atoms with Crippen LogP contribution < -0.4 is 21.7 Å². The summed E-state index contributed by atoms with van der Waals surface area (Å²) in [6.45, 7) is 9.86. The fraction of sp³-hybridized carbons (Fsp3) is 0.636. The SMILES string of the molecule is CC(C)NC(=O)N[C@H]1CCN(C(=O)CC(C)(C)C)[C@@H]1C(=O)N[C@@H](Cc1cccs1)C(N)=O. The first-order valence-corrected chi connectivity index (χ1v) is 11.7. The molecule has 0 aliphatic carbocycles. The van der Waals surface area contributed by atoms with Gasteiger partial charge in [-0.25, -0.2) is 4.79 Å². The highest BCUT2D eigenvalue weighted by molar-refractivity contribution is 7.09. The maximum atomic E-state index is 13.3. The zero-order chi connectivity index (χ0) is 24.1. The van der Waals surface area contributed by atoms with E-state index in [0.717, 1.165) is 4.88 Å². The van der Waals surface area contributed by atoms with Crippen LogP contribution in [0.1, 0.15) is 52.3 Å². The second-order valence-electron chi connectivity index (χ2n) is 9.68. The Balaban J connectivity index is 2.21. The van der Waals surface area contributed by atoms with Crippen LogP contribution in [0.5, 0.6) is 0 Å². The Morgan fingerprint density at radius 1 is 1.22 bits per heavy atom. The molecule has 0 radical (unpaired) electrons. The minimum Gasteiger partial charge on any atom is -0.368 e. The minimum absolute atomic E-state index is 0.0765. The summed E-state index contributed by atoms with van der Waals surface area (Å²) in [5.74, 6) is -1.32. The molecule has 3 atom stereocenters. The summed E-state index contributed by atoms with van der Waals surface area (Å²) in [6.07, 6.45) is 0.967. The molecule has 32 heavy (non-hydrogen) atoms. The van der Waals surface area contributed by atoms with Crippen LogP contribution in [-0.4, -0.2) is 59.4 Å². The zero-order valence-electron chi connectivity index (χ0n) is 19.4. The van der Waals surface area contributed by atoms with Crippen LogP contribution >= 0.6 is 11.3 Å². The summed E-state index contributed by atoms with van der Waals surface area (Å²) in [5, 5.41) is 10.2. The first-order valence-electron chi connectivity index (χ1n) is 10.9. The van der Waals surface area contributed by atoms with Gasteiger partial charge in [-0.15, -0.1) is 11.3 Å². The molecular formula is C22H35N5O4S. The van der Waals surface area contributed by atoms with Crippen molar-refractivity contribution >= 4 is 35.1 Å². The van der Waals surface area contributed by atoms with Crippen LogP contribution in [0.4, 0.5) is 4.79 Å². The monoisotopic (exact) mass is 465 g/mol. The fourth-order valence-electron chi connectivity index (χ4n) is 3.68. The van der Waals surface area contributed by atoms with E-state index in [4.69, 9.17) is 5.73 Å². The smallest absolute Gasteiger partial charge is 0.315 e. The Kier molecular flexibility index (Phi) is 8.65. The molecule has 1 aromatic heterocycles. The lowest BCUT2D eigenvalue weighted by molar-refractivity contribution is -0.141. The molecule has 9 nitrogen and oxygen atoms in total. The van der Waals surface area contributed by atoms with Crippen molar-refractivity contribution in [1.29, 1.82) is 0 Å². The van der Waals surface area contributed by atoms with Gasteiger partial charge >= 0.3 is 6.03 Å². The molecule has 5 N–H and O–H groups in total. The zero-order valence-corrected chi connectivity index (χ0v) is 20.3. The summed E-state index contributed by atoms with van der Waals surface area (Å²) in [6, 6.07) is 0.830. The first kappa shape index (κ1) is 25.6. The van der Waals surface area contributed by atoms with Gasteiger partial charge in [0.2, 0.25) is 17.7 Å². The van der Waals surface area contributed by atoms with E-state index in [-0.39, 0.29) is 30.2 Å². The van der Waals surface area contributed by atoms with E-state index in [2.05, 4.69) is 16.0 Å². The molecule has 1 saturated heterocycles. The molecule has 5 amide bonds. The second kappa shape index (κ2) is 10.8. The van der Waals surface area contributed by atoms with E-state index >= 15 is 0 Å². The van der Waals surface area contributed by atoms with E-state index in [0.29, 0.717) is 13.0 Å². The number of hydrogen-bond acceptors (Lipinski definition) is 5. The molecule has 2 rings (SSSR count). The van der Waals surface area contributed by atoms with Crippen molar-refractivity contribution in [3.63, 3.8) is 0 Å². The number of rotatable bonds is 8. The maximum Gasteiger partial charge on any atom is 0.315 e. The van der Waals surface area contributed by atoms with Crippen molar-refractivity contribution in [2.75, 3.05) is 6.54 Å². The number of nitrogens with one attached hydrogen (secondary N) is 3. The van der Waals surface area contributed by atoms with Gasteiger partial charge in [0.25, 0.3) is 0 Å². The lowest BCUT2D eigenvalue weighted by Gasteiger charge is -2.31. The van der Waals surface area contributed by atoms with E-state index in [1.54, 1.807) is 0 Å². The summed E-state index contributed by atoms with van der Waals surface area (Å²) < 4.78 is 0. The number of urea groups is 1. The average Bonchev–Trinajstić information content (AvgIpc) is 3.28. The van der Waals surface area contributed by atoms with Crippen LogP contribution in [0.2, 0.25) is 0 Å². The Labute approximate surface area is 193 Å². The number of primary amides is 1. The predicted molar refractivity (Wildman–Crippen MR) is 124 cm³/mol. The van der Waals surface area contributed by atoms with Crippen molar-refractivity contribution in [1.82, 2.24) is 20.9 Å². The molecule has 1 aliphatic heterocycles. The largest absolute Gasteiger partial charge is 0.368 e. The van der Waals surface area contributed by atoms with Gasteiger partial charge in [0, 0.05) is 30.3 Å². The fourth-order valence-corrected chi connectivity index (χ4v) is 4.44. The first-order chi connectivity index (χ1) is 14.9. The van der Waals surface area contributed by atoms with Crippen LogP contribution in [0.15, 0.2) is 17.5 Å². The van der Waals surface area contributed by atoms with E-state index in [1.807, 2.05) is 52.1 Å². The summed E-state index contributed by atoms with van der Waals surface area (Å²) in [5.41, 5.74) is 5.28. The second-order valence-corrected chi connectivity index (χ2v) is 10.7. The number of likely N-dealkylation sites (tertiary alicyclic amines) is 1. The van der Waals surface area contributed by atoms with Crippen LogP contribution in [-0.2, 0) is 20.8 Å². The van der Waals surface area contributed by atoms with Gasteiger partial charge < -0.3 is 26.6 Å². The average molecular weight is 466 g/mol. The highest BCUT2D eigenvalue weighted by Crippen LogP contribution is 2.25. The van der Waals surface area contributed by atoms with Gasteiger partial charge in [-0.05, 0) is 37.1 Å². The third-order valence-corrected chi connectivity index (χ3v) is 5.95. The normalized spacial score (nSPS) is 19.5. The van der Waals surface area contributed by atoms with Gasteiger partial charge in [0.1, 0.15) is 12.1 Å². The molecule has 0 aromatic carbocycles. The summed E-state index contributed by atoms with van der Waals surface area (Å²) in [7, 11) is 0. The van der Waals surface area contributed by atoms with Gasteiger partial charge in [0.05, 0.1) is 6.04 Å². The van der Waals surface area contributed by atoms with E-state index < -0.39 is 36.0 Å². The minimum atomic E-state index is -0.923. The number of carbonyl (C=O) groups is 4. The highest BCUT2D eigenvalue weighted by atomic mass is 32.1. The van der Waals surface area contributed by atoms with Crippen LogP contribution in [0.3, 0.4) is 0 Å². The predicted octanol–water partition coefficient (Wildman–Crippen LogP) is 1.37. The van der Waals surface area contributed by atoms with Crippen LogP contribution in [0, 0.1) is 5.41 Å². The van der Waals surface area contributed by atoms with Crippen molar-refractivity contribution in [2.24, 2.45) is 11.1 Å². The molecule has 0 saturated carbocycles. The topological polar surface area (TPSA) is 134 Å². The standard InChI is InChI=1S/C22H35N5O4S/c1-13(2)24-21(31)26-15-8-9-27(17(28)12-22(3,4)5)18(15)20(30)25-16(19(23)29)11-14-7-6-10-32-14/h6-7,10,13,15-16,18H,8-9,11-12H2,1-5H3,(H2,23,29)(H,25,30)(H2,24,26,31)/t15-,16-,18-/m0/s1. The van der Waals surface area contributed by atoms with Gasteiger partial charge in [-0.2, -0.15) is 0 Å². The number of nitrogens with zero attached hydrogens (tertiary/aromatic N) is 1. The molecule has 0 unspecified atom stereocenters. The summed E-state index contributed by atoms with van der Waals surface area (Å²) >= 11 is 1.47. The molecule has 2 heterocycles. The lowest BCUT2D eigenvalue weighted by atomic mass is 9.91. The van der Waals surface area contributed by atoms with Crippen LogP contribution in [0.25, 0.3) is 0 Å². The Morgan fingerprint density at radius 2 is 1.91 bits per heavy atom. The molecule has 0 spiro atoms. The molecule has 1 fully saturated rings. The number of carbonyl (C=O) groups excluding carboxylic acids is 4. The van der Waals surface area contributed by atoms with Gasteiger partial charge in [-0.1, -0.05) is 26.8 Å². The Hall–Kier alpha value is -2.62. The number of thiophene rings is 1. The van der Waals surface area contributed by atoms with Crippen molar-refractivity contribution in [2.45, 2.75) is 78.0 Å². The molecule has 0 bridgehead atoms. The third kappa shape index (κ3) is 7.51. The number of nitrogens with two attached hydrogens (primary N) is 1. The van der Waals surface area contributed by atoms with E-state index in [1.165, 1.54) is 16.2 Å².